The summed E-state index contributed by atoms with van der Waals surface area (Å²) in [5, 5.41) is 0. The van der Waals surface area contributed by atoms with Gasteiger partial charge in [-0.05, 0) is 13.8 Å². The molecule has 0 saturated heterocycles. The van der Waals surface area contributed by atoms with Gasteiger partial charge in [0.25, 0.3) is 0 Å². The maximum absolute atomic E-state index is 4.58. The van der Waals surface area contributed by atoms with Gasteiger partial charge in [0.2, 0.25) is 0 Å². The third kappa shape index (κ3) is 5.88. The predicted molar refractivity (Wildman–Crippen MR) is 26.4 cm³/mol. The smallest absolute Gasteiger partial charge is 0.0893 e. The van der Waals surface area contributed by atoms with E-state index in [1.54, 1.807) is 7.05 Å². The van der Waals surface area contributed by atoms with E-state index in [0.717, 1.165) is 0 Å². The Hall–Kier alpha value is -0.120. The Labute approximate surface area is 43.5 Å². The van der Waals surface area contributed by atoms with Crippen molar-refractivity contribution in [3.05, 3.63) is 0 Å². The number of hydrogen-bond acceptors (Lipinski definition) is 3. The second-order valence-electron chi connectivity index (χ2n) is 1.43. The monoisotopic (exact) mass is 105 g/mol. The Morgan fingerprint density at radius 2 is 2.00 bits per heavy atom. The van der Waals surface area contributed by atoms with E-state index in [4.69, 9.17) is 0 Å². The lowest BCUT2D eigenvalue weighted by Gasteiger charge is -2.01. The summed E-state index contributed by atoms with van der Waals surface area (Å²) in [6, 6.07) is 0. The molecule has 0 aliphatic carbocycles. The van der Waals surface area contributed by atoms with E-state index < -0.39 is 0 Å². The molecule has 0 aromatic heterocycles. The molecule has 0 aliphatic heterocycles. The third-order valence-electron chi connectivity index (χ3n) is 0.324. The van der Waals surface area contributed by atoms with E-state index in [1.807, 2.05) is 13.8 Å². The van der Waals surface area contributed by atoms with Crippen molar-refractivity contribution in [2.75, 3.05) is 7.05 Å². The second kappa shape index (κ2) is 4.05. The molecule has 0 radical (unpaired) electrons. The fourth-order valence-corrected chi connectivity index (χ4v) is 0.144. The van der Waals surface area contributed by atoms with E-state index >= 15 is 0 Å². The first-order chi connectivity index (χ1) is 3.27. The first-order valence-electron chi connectivity index (χ1n) is 2.26. The Kier molecular flexibility index (Phi) is 3.98. The topological polar surface area (TPSA) is 30.5 Å². The molecule has 0 bridgehead atoms. The van der Waals surface area contributed by atoms with Crippen molar-refractivity contribution < 1.29 is 9.88 Å². The van der Waals surface area contributed by atoms with Gasteiger partial charge in [0.15, 0.2) is 0 Å². The maximum atomic E-state index is 4.58. The van der Waals surface area contributed by atoms with Crippen LogP contribution in [0.25, 0.3) is 0 Å². The van der Waals surface area contributed by atoms with Crippen LogP contribution in [0, 0.1) is 0 Å². The summed E-state index contributed by atoms with van der Waals surface area (Å²) < 4.78 is 0. The molecule has 0 saturated carbocycles. The average molecular weight is 105 g/mol. The molecular weight excluding hydrogens is 94.0 g/mol. The minimum absolute atomic E-state index is 0.118. The van der Waals surface area contributed by atoms with Crippen LogP contribution < -0.4 is 5.48 Å². The maximum Gasteiger partial charge on any atom is 0.0893 e. The average Bonchev–Trinajstić information content (AvgIpc) is 1.61. The Morgan fingerprint density at radius 1 is 1.43 bits per heavy atom. The summed E-state index contributed by atoms with van der Waals surface area (Å²) in [5.41, 5.74) is 2.38. The van der Waals surface area contributed by atoms with Crippen LogP contribution in [0.15, 0.2) is 0 Å². The van der Waals surface area contributed by atoms with Gasteiger partial charge in [-0.3, -0.25) is 0 Å². The molecule has 7 heavy (non-hydrogen) atoms. The molecule has 0 fully saturated rings. The Morgan fingerprint density at radius 3 is 2.14 bits per heavy atom. The highest BCUT2D eigenvalue weighted by atomic mass is 17.3. The van der Waals surface area contributed by atoms with Crippen LogP contribution in [0.3, 0.4) is 0 Å². The predicted octanol–water partition coefficient (Wildman–Crippen LogP) is 0.477. The van der Waals surface area contributed by atoms with Gasteiger partial charge in [-0.2, -0.15) is 5.48 Å². The number of hydroxylamine groups is 1. The van der Waals surface area contributed by atoms with Crippen LogP contribution in [0.5, 0.6) is 0 Å². The van der Waals surface area contributed by atoms with Crippen LogP contribution in [-0.4, -0.2) is 13.2 Å². The molecule has 0 spiro atoms. The fourth-order valence-electron chi connectivity index (χ4n) is 0.144. The third-order valence-corrected chi connectivity index (χ3v) is 0.324. The van der Waals surface area contributed by atoms with Gasteiger partial charge < -0.3 is 0 Å². The molecule has 3 heteroatoms. The molecule has 0 heterocycles. The highest BCUT2D eigenvalue weighted by molar-refractivity contribution is 4.25. The normalized spacial score (nSPS) is 10.3. The summed E-state index contributed by atoms with van der Waals surface area (Å²) >= 11 is 0. The zero-order valence-corrected chi connectivity index (χ0v) is 4.89. The molecular formula is C4H11NO2. The van der Waals surface area contributed by atoms with Crippen LogP contribution in [0.1, 0.15) is 13.8 Å². The standard InChI is InChI=1S/C4H11NO2/c1-4(2)6-7-5-3/h4-5H,1-3H3. The minimum atomic E-state index is 0.118. The fraction of sp³-hybridized carbons (Fsp3) is 1.00. The quantitative estimate of drug-likeness (QED) is 0.418. The zero-order valence-electron chi connectivity index (χ0n) is 4.89. The van der Waals surface area contributed by atoms with Crippen molar-refractivity contribution >= 4 is 0 Å². The summed E-state index contributed by atoms with van der Waals surface area (Å²) in [7, 11) is 1.64. The molecule has 0 rings (SSSR count). The van der Waals surface area contributed by atoms with Crippen molar-refractivity contribution in [1.29, 1.82) is 0 Å². The lowest BCUT2D eigenvalue weighted by atomic mass is 10.5. The van der Waals surface area contributed by atoms with Crippen LogP contribution in [0.4, 0.5) is 0 Å². The Balaban J connectivity index is 2.68. The van der Waals surface area contributed by atoms with Crippen molar-refractivity contribution in [1.82, 2.24) is 5.48 Å². The van der Waals surface area contributed by atoms with E-state index in [2.05, 4.69) is 15.4 Å². The van der Waals surface area contributed by atoms with Crippen molar-refractivity contribution in [2.24, 2.45) is 0 Å². The molecule has 1 N–H and O–H groups in total. The zero-order chi connectivity index (χ0) is 5.70. The highest BCUT2D eigenvalue weighted by Gasteiger charge is 1.88. The van der Waals surface area contributed by atoms with Gasteiger partial charge in [0.05, 0.1) is 6.10 Å². The molecule has 0 unspecified atom stereocenters. The van der Waals surface area contributed by atoms with Crippen LogP contribution in [0.2, 0.25) is 0 Å². The summed E-state index contributed by atoms with van der Waals surface area (Å²) in [5.74, 6) is 0. The Bertz CT molecular complexity index is 38.7. The van der Waals surface area contributed by atoms with Gasteiger partial charge >= 0.3 is 0 Å². The van der Waals surface area contributed by atoms with Gasteiger partial charge in [-0.1, -0.05) is 0 Å². The van der Waals surface area contributed by atoms with Gasteiger partial charge in [0, 0.05) is 7.05 Å². The molecule has 0 aromatic carbocycles. The summed E-state index contributed by atoms with van der Waals surface area (Å²) in [4.78, 5) is 8.92. The lowest BCUT2D eigenvalue weighted by Crippen LogP contribution is -2.12. The second-order valence-corrected chi connectivity index (χ2v) is 1.43. The molecule has 0 atom stereocenters. The minimum Gasteiger partial charge on any atom is -0.215 e. The van der Waals surface area contributed by atoms with E-state index in [0.29, 0.717) is 0 Å². The number of hydrogen-bond donors (Lipinski definition) is 1. The van der Waals surface area contributed by atoms with Crippen LogP contribution in [-0.2, 0) is 9.88 Å². The van der Waals surface area contributed by atoms with Gasteiger partial charge in [-0.25, -0.2) is 4.89 Å². The molecule has 0 aliphatic rings. The lowest BCUT2D eigenvalue weighted by molar-refractivity contribution is -0.351. The first kappa shape index (κ1) is 6.88. The van der Waals surface area contributed by atoms with E-state index in [-0.39, 0.29) is 6.10 Å². The van der Waals surface area contributed by atoms with E-state index in [9.17, 15) is 0 Å². The van der Waals surface area contributed by atoms with Crippen LogP contribution >= 0.6 is 0 Å². The van der Waals surface area contributed by atoms with Gasteiger partial charge in [-0.15, -0.1) is 4.99 Å². The molecule has 0 amide bonds. The molecule has 3 nitrogen and oxygen atoms in total. The van der Waals surface area contributed by atoms with Crippen molar-refractivity contribution in [3.63, 3.8) is 0 Å². The summed E-state index contributed by atoms with van der Waals surface area (Å²) in [6.45, 7) is 3.77. The molecule has 44 valence electrons. The summed E-state index contributed by atoms with van der Waals surface area (Å²) in [6.07, 6.45) is 0.118. The van der Waals surface area contributed by atoms with E-state index in [1.165, 1.54) is 0 Å². The highest BCUT2D eigenvalue weighted by Crippen LogP contribution is 1.83. The SMILES string of the molecule is CNOOC(C)C. The molecule has 0 aromatic rings. The largest absolute Gasteiger partial charge is 0.215 e. The first-order valence-corrected chi connectivity index (χ1v) is 2.26. The van der Waals surface area contributed by atoms with Crippen molar-refractivity contribution in [2.45, 2.75) is 20.0 Å². The number of rotatable bonds is 3. The number of nitrogens with one attached hydrogen (secondary N) is 1. The van der Waals surface area contributed by atoms with Crippen molar-refractivity contribution in [3.8, 4) is 0 Å². The van der Waals surface area contributed by atoms with Gasteiger partial charge in [0.1, 0.15) is 0 Å².